The zero-order chi connectivity index (χ0) is 21.8. The summed E-state index contributed by atoms with van der Waals surface area (Å²) >= 11 is 0. The fraction of sp³-hybridized carbons (Fsp3) is 0.226. The molecule has 2 aliphatic carbocycles. The summed E-state index contributed by atoms with van der Waals surface area (Å²) in [4.78, 5) is 0. The van der Waals surface area contributed by atoms with Crippen LogP contribution in [0.3, 0.4) is 0 Å². The lowest BCUT2D eigenvalue weighted by Gasteiger charge is -2.22. The quantitative estimate of drug-likeness (QED) is 0.263. The van der Waals surface area contributed by atoms with Gasteiger partial charge in [-0.3, -0.25) is 0 Å². The molecule has 0 saturated carbocycles. The van der Waals surface area contributed by atoms with Crippen LogP contribution in [0.2, 0.25) is 0 Å². The lowest BCUT2D eigenvalue weighted by Crippen LogP contribution is -2.15. The number of benzene rings is 4. The van der Waals surface area contributed by atoms with Crippen molar-refractivity contribution in [1.82, 2.24) is 0 Å². The molecule has 154 valence electrons. The van der Waals surface area contributed by atoms with Crippen molar-refractivity contribution in [2.75, 3.05) is 0 Å². The fourth-order valence-electron chi connectivity index (χ4n) is 5.33. The first-order chi connectivity index (χ1) is 15.0. The summed E-state index contributed by atoms with van der Waals surface area (Å²) in [5, 5.41) is 0. The predicted molar refractivity (Wildman–Crippen MR) is 134 cm³/mol. The van der Waals surface area contributed by atoms with Gasteiger partial charge in [0.15, 0.2) is 0 Å². The summed E-state index contributed by atoms with van der Waals surface area (Å²) in [5.41, 5.74) is 15.4. The molecule has 4 aromatic carbocycles. The molecule has 0 nitrogen and oxygen atoms in total. The summed E-state index contributed by atoms with van der Waals surface area (Å²) < 4.78 is 0. The minimum Gasteiger partial charge on any atom is -0.0683 e. The molecule has 0 radical (unpaired) electrons. The van der Waals surface area contributed by atoms with Crippen LogP contribution in [0.1, 0.15) is 55.5 Å². The van der Waals surface area contributed by atoms with Gasteiger partial charge in [0.1, 0.15) is 0 Å². The lowest BCUT2D eigenvalue weighted by atomic mass is 9.81. The first-order valence-corrected chi connectivity index (χ1v) is 11.5. The highest BCUT2D eigenvalue weighted by Gasteiger charge is 2.35. The van der Waals surface area contributed by atoms with Crippen LogP contribution in [-0.2, 0) is 11.8 Å². The zero-order valence-corrected chi connectivity index (χ0v) is 19.2. The second kappa shape index (κ2) is 7.24. The summed E-state index contributed by atoms with van der Waals surface area (Å²) in [6.45, 7) is 10.9. The first kappa shape index (κ1) is 19.8. The SMILES string of the molecule is CC.Cc1ccc2c(c1)C(C)(C)c1cc(-c3ccc4c(c3)-c3ccccc3C4)ccc1-2. The Bertz CT molecular complexity index is 1300. The first-order valence-electron chi connectivity index (χ1n) is 11.5. The van der Waals surface area contributed by atoms with E-state index in [9.17, 15) is 0 Å². The molecule has 6 rings (SSSR count). The average Bonchev–Trinajstić information content (AvgIpc) is 3.27. The Labute approximate surface area is 186 Å². The summed E-state index contributed by atoms with van der Waals surface area (Å²) in [6.07, 6.45) is 1.05. The van der Waals surface area contributed by atoms with Crippen molar-refractivity contribution in [3.05, 3.63) is 107 Å². The van der Waals surface area contributed by atoms with E-state index in [4.69, 9.17) is 0 Å². The third-order valence-electron chi connectivity index (χ3n) is 6.96. The molecule has 0 unspecified atom stereocenters. The van der Waals surface area contributed by atoms with E-state index >= 15 is 0 Å². The highest BCUT2D eigenvalue weighted by molar-refractivity contribution is 5.86. The largest absolute Gasteiger partial charge is 0.0683 e. The molecule has 0 aliphatic heterocycles. The van der Waals surface area contributed by atoms with Gasteiger partial charge in [-0.05, 0) is 81.1 Å². The second-order valence-corrected chi connectivity index (χ2v) is 9.14. The highest BCUT2D eigenvalue weighted by atomic mass is 14.4. The van der Waals surface area contributed by atoms with E-state index in [2.05, 4.69) is 99.6 Å². The standard InChI is InChI=1S/C29H24.C2H6/c1-18-8-12-24-25-13-11-20(17-28(25)29(2,3)27(24)14-18)19-9-10-22-15-21-6-4-5-7-23(21)26(22)16-19;1-2/h4-14,16-17H,15H2,1-3H3;1-2H3. The van der Waals surface area contributed by atoms with Crippen LogP contribution >= 0.6 is 0 Å². The van der Waals surface area contributed by atoms with Crippen LogP contribution in [-0.4, -0.2) is 0 Å². The van der Waals surface area contributed by atoms with E-state index in [0.717, 1.165) is 6.42 Å². The molecule has 0 N–H and O–H groups in total. The molecule has 0 spiro atoms. The van der Waals surface area contributed by atoms with Crippen LogP contribution in [0.15, 0.2) is 78.9 Å². The number of hydrogen-bond donors (Lipinski definition) is 0. The van der Waals surface area contributed by atoms with Crippen molar-refractivity contribution < 1.29 is 0 Å². The van der Waals surface area contributed by atoms with E-state index in [1.165, 1.54) is 61.2 Å². The summed E-state index contributed by atoms with van der Waals surface area (Å²) in [7, 11) is 0. The molecule has 0 heterocycles. The number of aryl methyl sites for hydroxylation is 1. The van der Waals surface area contributed by atoms with Gasteiger partial charge in [-0.15, -0.1) is 0 Å². The topological polar surface area (TPSA) is 0 Å². The third-order valence-corrected chi connectivity index (χ3v) is 6.96. The van der Waals surface area contributed by atoms with Crippen molar-refractivity contribution in [2.24, 2.45) is 0 Å². The molecule has 0 saturated heterocycles. The summed E-state index contributed by atoms with van der Waals surface area (Å²) in [6, 6.07) is 29.8. The maximum absolute atomic E-state index is 2.42. The van der Waals surface area contributed by atoms with Gasteiger partial charge in [0.05, 0.1) is 0 Å². The molecule has 4 aromatic rings. The van der Waals surface area contributed by atoms with Gasteiger partial charge >= 0.3 is 0 Å². The Morgan fingerprint density at radius 1 is 0.581 bits per heavy atom. The third kappa shape index (κ3) is 2.97. The van der Waals surface area contributed by atoms with E-state index in [-0.39, 0.29) is 5.41 Å². The lowest BCUT2D eigenvalue weighted by molar-refractivity contribution is 0.660. The molecular weight excluding hydrogens is 372 g/mol. The minimum absolute atomic E-state index is 0.0377. The predicted octanol–water partition coefficient (Wildman–Crippen LogP) is 8.57. The van der Waals surface area contributed by atoms with Crippen molar-refractivity contribution in [2.45, 2.75) is 46.5 Å². The van der Waals surface area contributed by atoms with Crippen molar-refractivity contribution >= 4 is 0 Å². The smallest absolute Gasteiger partial charge is 0.0159 e. The average molecular weight is 403 g/mol. The van der Waals surface area contributed by atoms with E-state index in [1.54, 1.807) is 0 Å². The molecular formula is C31H30. The van der Waals surface area contributed by atoms with Gasteiger partial charge in [0.2, 0.25) is 0 Å². The maximum Gasteiger partial charge on any atom is 0.0159 e. The van der Waals surface area contributed by atoms with Crippen molar-refractivity contribution in [3.63, 3.8) is 0 Å². The Balaban J connectivity index is 0.000000994. The molecule has 0 heteroatoms. The van der Waals surface area contributed by atoms with Crippen LogP contribution < -0.4 is 0 Å². The van der Waals surface area contributed by atoms with Gasteiger partial charge in [-0.25, -0.2) is 0 Å². The van der Waals surface area contributed by atoms with Crippen molar-refractivity contribution in [1.29, 1.82) is 0 Å². The van der Waals surface area contributed by atoms with Crippen molar-refractivity contribution in [3.8, 4) is 33.4 Å². The van der Waals surface area contributed by atoms with E-state index in [1.807, 2.05) is 13.8 Å². The molecule has 0 amide bonds. The Kier molecular flexibility index (Phi) is 4.63. The normalized spacial score (nSPS) is 14.1. The van der Waals surface area contributed by atoms with Crippen LogP contribution in [0.5, 0.6) is 0 Å². The monoisotopic (exact) mass is 402 g/mol. The van der Waals surface area contributed by atoms with Gasteiger partial charge in [-0.2, -0.15) is 0 Å². The highest BCUT2D eigenvalue weighted by Crippen LogP contribution is 2.50. The van der Waals surface area contributed by atoms with Gasteiger partial charge in [-0.1, -0.05) is 100.0 Å². The Hall–Kier alpha value is -3.12. The molecule has 31 heavy (non-hydrogen) atoms. The van der Waals surface area contributed by atoms with Gasteiger partial charge in [0, 0.05) is 5.41 Å². The number of rotatable bonds is 1. The van der Waals surface area contributed by atoms with Gasteiger partial charge in [0.25, 0.3) is 0 Å². The molecule has 0 aromatic heterocycles. The maximum atomic E-state index is 2.42. The van der Waals surface area contributed by atoms with Crippen LogP contribution in [0, 0.1) is 6.92 Å². The van der Waals surface area contributed by atoms with Crippen LogP contribution in [0.25, 0.3) is 33.4 Å². The van der Waals surface area contributed by atoms with Gasteiger partial charge < -0.3 is 0 Å². The molecule has 0 bridgehead atoms. The zero-order valence-electron chi connectivity index (χ0n) is 19.2. The number of hydrogen-bond acceptors (Lipinski definition) is 0. The minimum atomic E-state index is 0.0377. The Morgan fingerprint density at radius 3 is 2.00 bits per heavy atom. The fourth-order valence-corrected chi connectivity index (χ4v) is 5.33. The van der Waals surface area contributed by atoms with E-state index < -0.39 is 0 Å². The molecule has 0 fully saturated rings. The Morgan fingerprint density at radius 2 is 1.19 bits per heavy atom. The number of fused-ring (bicyclic) bond motifs is 6. The van der Waals surface area contributed by atoms with E-state index in [0.29, 0.717) is 0 Å². The summed E-state index contributed by atoms with van der Waals surface area (Å²) in [5.74, 6) is 0. The molecule has 2 aliphatic rings. The van der Waals surface area contributed by atoms with Crippen LogP contribution in [0.4, 0.5) is 0 Å². The molecule has 0 atom stereocenters. The second-order valence-electron chi connectivity index (χ2n) is 9.14.